The Balaban J connectivity index is 1.98. The maximum absolute atomic E-state index is 12.5. The first-order chi connectivity index (χ1) is 9.79. The second-order valence-corrected chi connectivity index (χ2v) is 4.65. The number of benzene rings is 1. The van der Waals surface area contributed by atoms with E-state index in [2.05, 4.69) is 15.3 Å². The minimum absolute atomic E-state index is 0.164. The van der Waals surface area contributed by atoms with E-state index in [0.717, 1.165) is 25.1 Å². The molecule has 3 rings (SSSR count). The molecule has 1 aliphatic rings. The molecule has 0 radical (unpaired) electrons. The predicted octanol–water partition coefficient (Wildman–Crippen LogP) is 2.07. The highest BCUT2D eigenvalue weighted by Gasteiger charge is 2.19. The second kappa shape index (κ2) is 5.28. The van der Waals surface area contributed by atoms with Crippen molar-refractivity contribution >= 4 is 11.5 Å². The van der Waals surface area contributed by atoms with Gasteiger partial charge in [-0.3, -0.25) is 4.79 Å². The maximum Gasteiger partial charge on any atom is 0.243 e. The average Bonchev–Trinajstić information content (AvgIpc) is 2.53. The van der Waals surface area contributed by atoms with Gasteiger partial charge in [-0.15, -0.1) is 0 Å². The van der Waals surface area contributed by atoms with Crippen LogP contribution < -0.4 is 10.1 Å². The van der Waals surface area contributed by atoms with Gasteiger partial charge in [0.25, 0.3) is 0 Å². The molecular formula is C15H15N3O2. The molecule has 0 saturated heterocycles. The van der Waals surface area contributed by atoms with Crippen LogP contribution in [0.25, 0.3) is 0 Å². The third-order valence-corrected chi connectivity index (χ3v) is 3.38. The zero-order valence-electron chi connectivity index (χ0n) is 11.2. The van der Waals surface area contributed by atoms with Gasteiger partial charge in [-0.1, -0.05) is 0 Å². The van der Waals surface area contributed by atoms with E-state index in [1.165, 1.54) is 25.1 Å². The van der Waals surface area contributed by atoms with Crippen molar-refractivity contribution in [2.24, 2.45) is 0 Å². The first-order valence-electron chi connectivity index (χ1n) is 6.56. The number of anilines is 1. The summed E-state index contributed by atoms with van der Waals surface area (Å²) in [5, 5.41) is 3.33. The van der Waals surface area contributed by atoms with E-state index >= 15 is 0 Å². The third-order valence-electron chi connectivity index (χ3n) is 3.38. The number of methoxy groups -OCH3 is 1. The van der Waals surface area contributed by atoms with Crippen LogP contribution in [0.5, 0.6) is 5.88 Å². The summed E-state index contributed by atoms with van der Waals surface area (Å²) >= 11 is 0. The Morgan fingerprint density at radius 2 is 2.15 bits per heavy atom. The van der Waals surface area contributed by atoms with Gasteiger partial charge >= 0.3 is 0 Å². The normalized spacial score (nSPS) is 13.2. The number of ether oxygens (including phenoxy) is 1. The number of rotatable bonds is 3. The van der Waals surface area contributed by atoms with Crippen LogP contribution in [-0.4, -0.2) is 29.4 Å². The number of aryl methyl sites for hydroxylation is 1. The van der Waals surface area contributed by atoms with Gasteiger partial charge in [0, 0.05) is 30.2 Å². The van der Waals surface area contributed by atoms with Gasteiger partial charge in [0.2, 0.25) is 11.7 Å². The van der Waals surface area contributed by atoms with Gasteiger partial charge in [0.1, 0.15) is 0 Å². The van der Waals surface area contributed by atoms with Crippen molar-refractivity contribution in [3.63, 3.8) is 0 Å². The first-order valence-corrected chi connectivity index (χ1v) is 6.56. The van der Waals surface area contributed by atoms with Crippen LogP contribution in [0.1, 0.15) is 28.0 Å². The lowest BCUT2D eigenvalue weighted by Gasteiger charge is -2.18. The summed E-state index contributed by atoms with van der Waals surface area (Å²) in [7, 11) is 1.48. The Labute approximate surface area is 117 Å². The quantitative estimate of drug-likeness (QED) is 0.864. The fourth-order valence-electron chi connectivity index (χ4n) is 2.38. The Morgan fingerprint density at radius 3 is 3.00 bits per heavy atom. The summed E-state index contributed by atoms with van der Waals surface area (Å²) < 4.78 is 5.09. The van der Waals surface area contributed by atoms with Gasteiger partial charge < -0.3 is 10.1 Å². The number of nitrogens with one attached hydrogen (secondary N) is 1. The lowest BCUT2D eigenvalue weighted by molar-refractivity contribution is 0.103. The molecule has 5 heteroatoms. The number of ketones is 1. The van der Waals surface area contributed by atoms with Crippen molar-refractivity contribution < 1.29 is 9.53 Å². The van der Waals surface area contributed by atoms with Crippen molar-refractivity contribution in [2.45, 2.75) is 12.8 Å². The van der Waals surface area contributed by atoms with Crippen molar-refractivity contribution in [3.05, 3.63) is 47.4 Å². The highest BCUT2D eigenvalue weighted by atomic mass is 16.5. The summed E-state index contributed by atoms with van der Waals surface area (Å²) in [4.78, 5) is 20.6. The molecule has 102 valence electrons. The summed E-state index contributed by atoms with van der Waals surface area (Å²) in [5.41, 5.74) is 3.15. The second-order valence-electron chi connectivity index (χ2n) is 4.65. The Hall–Kier alpha value is -2.43. The Kier molecular flexibility index (Phi) is 3.33. The molecule has 0 amide bonds. The molecule has 1 N–H and O–H groups in total. The van der Waals surface area contributed by atoms with Crippen LogP contribution in [0.3, 0.4) is 0 Å². The van der Waals surface area contributed by atoms with E-state index in [1.807, 2.05) is 18.2 Å². The van der Waals surface area contributed by atoms with E-state index in [-0.39, 0.29) is 17.4 Å². The molecule has 1 aliphatic heterocycles. The highest BCUT2D eigenvalue weighted by molar-refractivity contribution is 6.09. The van der Waals surface area contributed by atoms with Crippen LogP contribution in [0.4, 0.5) is 5.69 Å². The Morgan fingerprint density at radius 1 is 1.30 bits per heavy atom. The monoisotopic (exact) mass is 269 g/mol. The van der Waals surface area contributed by atoms with Crippen molar-refractivity contribution in [2.75, 3.05) is 19.0 Å². The lowest BCUT2D eigenvalue weighted by atomic mass is 9.98. The molecule has 5 nitrogen and oxygen atoms in total. The lowest BCUT2D eigenvalue weighted by Crippen LogP contribution is -2.13. The van der Waals surface area contributed by atoms with Crippen molar-refractivity contribution in [1.29, 1.82) is 0 Å². The summed E-state index contributed by atoms with van der Waals surface area (Å²) in [6, 6.07) is 5.69. The van der Waals surface area contributed by atoms with Crippen LogP contribution >= 0.6 is 0 Å². The van der Waals surface area contributed by atoms with E-state index in [9.17, 15) is 4.79 Å². The molecule has 0 bridgehead atoms. The standard InChI is InChI=1S/C15H15N3O2/c1-20-15-13(17-7-8-18-15)14(19)11-4-5-12-10(9-11)3-2-6-16-12/h4-5,7-9,16H,2-3,6H2,1H3. The number of carbonyl (C=O) groups excluding carboxylic acids is 1. The van der Waals surface area contributed by atoms with Gasteiger partial charge in [0.05, 0.1) is 7.11 Å². The topological polar surface area (TPSA) is 64.1 Å². The fourth-order valence-corrected chi connectivity index (χ4v) is 2.38. The average molecular weight is 269 g/mol. The minimum Gasteiger partial charge on any atom is -0.479 e. The minimum atomic E-state index is -0.164. The van der Waals surface area contributed by atoms with Crippen LogP contribution in [0.15, 0.2) is 30.6 Å². The molecule has 1 aromatic carbocycles. The molecule has 0 aliphatic carbocycles. The molecule has 0 unspecified atom stereocenters. The van der Waals surface area contributed by atoms with Gasteiger partial charge in [-0.2, -0.15) is 0 Å². The number of fused-ring (bicyclic) bond motifs is 1. The number of hydrogen-bond donors (Lipinski definition) is 1. The zero-order chi connectivity index (χ0) is 13.9. The molecular weight excluding hydrogens is 254 g/mol. The van der Waals surface area contributed by atoms with Gasteiger partial charge in [0.15, 0.2) is 5.69 Å². The van der Waals surface area contributed by atoms with Crippen molar-refractivity contribution in [1.82, 2.24) is 9.97 Å². The molecule has 0 saturated carbocycles. The number of nitrogens with zero attached hydrogens (tertiary/aromatic N) is 2. The molecule has 2 aromatic rings. The van der Waals surface area contributed by atoms with E-state index in [1.54, 1.807) is 0 Å². The fraction of sp³-hybridized carbons (Fsp3) is 0.267. The largest absolute Gasteiger partial charge is 0.479 e. The molecule has 0 spiro atoms. The third kappa shape index (κ3) is 2.22. The highest BCUT2D eigenvalue weighted by Crippen LogP contribution is 2.25. The van der Waals surface area contributed by atoms with Crippen LogP contribution in [0.2, 0.25) is 0 Å². The molecule has 2 heterocycles. The van der Waals surface area contributed by atoms with Gasteiger partial charge in [-0.05, 0) is 36.6 Å². The molecule has 20 heavy (non-hydrogen) atoms. The number of hydrogen-bond acceptors (Lipinski definition) is 5. The van der Waals surface area contributed by atoms with Crippen molar-refractivity contribution in [3.8, 4) is 5.88 Å². The Bertz CT molecular complexity index is 655. The molecule has 0 atom stereocenters. The molecule has 0 fully saturated rings. The van der Waals surface area contributed by atoms with Crippen LogP contribution in [-0.2, 0) is 6.42 Å². The summed E-state index contributed by atoms with van der Waals surface area (Å²) in [6.07, 6.45) is 5.07. The van der Waals surface area contributed by atoms with Gasteiger partial charge in [-0.25, -0.2) is 9.97 Å². The smallest absolute Gasteiger partial charge is 0.243 e. The number of carbonyl (C=O) groups is 1. The maximum atomic E-state index is 12.5. The van der Waals surface area contributed by atoms with Crippen LogP contribution in [0, 0.1) is 0 Å². The summed E-state index contributed by atoms with van der Waals surface area (Å²) in [6.45, 7) is 0.984. The van der Waals surface area contributed by atoms with E-state index in [0.29, 0.717) is 5.56 Å². The number of aromatic nitrogens is 2. The predicted molar refractivity (Wildman–Crippen MR) is 75.3 cm³/mol. The first kappa shape index (κ1) is 12.6. The summed E-state index contributed by atoms with van der Waals surface area (Å²) in [5.74, 6) is 0.0941. The van der Waals surface area contributed by atoms with E-state index < -0.39 is 0 Å². The van der Waals surface area contributed by atoms with E-state index in [4.69, 9.17) is 4.74 Å². The molecule has 1 aromatic heterocycles. The SMILES string of the molecule is COc1nccnc1C(=O)c1ccc2c(c1)CCCN2. The zero-order valence-corrected chi connectivity index (χ0v) is 11.2.